The monoisotopic (exact) mass is 577 g/mol. The molecule has 214 valence electrons. The number of benzene rings is 1. The number of aromatic nitrogens is 6. The molecule has 1 aromatic carbocycles. The molecule has 0 amide bonds. The standard InChI is InChI=1S/C29H23F4N7O2/c30-19-13-16(29(31,32)33)6-7-18(19)26-24-21(9-11-34-27(24)36-17-4-2-1-3-5-17)40(39-26)22-12-15(14-42-22)25-23-20(37-38-25)8-10-35-28(23)41/h6-14,17H,1-5H2,(H,34,36)(H,35,41)(H,37,38). The number of H-pyrrole nitrogens is 2. The van der Waals surface area contributed by atoms with Crippen molar-refractivity contribution in [3.8, 4) is 28.4 Å². The summed E-state index contributed by atoms with van der Waals surface area (Å²) in [7, 11) is 0. The van der Waals surface area contributed by atoms with Crippen LogP contribution in [0.5, 0.6) is 0 Å². The normalized spacial score (nSPS) is 14.7. The molecule has 6 aromatic rings. The van der Waals surface area contributed by atoms with E-state index >= 15 is 4.39 Å². The maximum Gasteiger partial charge on any atom is 0.416 e. The van der Waals surface area contributed by atoms with Gasteiger partial charge in [0.25, 0.3) is 5.56 Å². The lowest BCUT2D eigenvalue weighted by Gasteiger charge is -2.23. The van der Waals surface area contributed by atoms with Gasteiger partial charge < -0.3 is 14.7 Å². The van der Waals surface area contributed by atoms with Crippen molar-refractivity contribution in [3.05, 3.63) is 76.8 Å². The average Bonchev–Trinajstić information content (AvgIpc) is 3.71. The first-order valence-electron chi connectivity index (χ1n) is 13.4. The molecule has 0 atom stereocenters. The zero-order valence-corrected chi connectivity index (χ0v) is 21.9. The number of pyridine rings is 2. The Morgan fingerprint density at radius 2 is 1.86 bits per heavy atom. The molecule has 0 spiro atoms. The largest absolute Gasteiger partial charge is 0.446 e. The van der Waals surface area contributed by atoms with Gasteiger partial charge in [-0.3, -0.25) is 9.89 Å². The molecule has 9 nitrogen and oxygen atoms in total. The minimum Gasteiger partial charge on any atom is -0.446 e. The van der Waals surface area contributed by atoms with E-state index in [2.05, 4.69) is 30.6 Å². The van der Waals surface area contributed by atoms with Gasteiger partial charge in [0.05, 0.1) is 27.4 Å². The summed E-state index contributed by atoms with van der Waals surface area (Å²) in [5, 5.41) is 16.0. The predicted octanol–water partition coefficient (Wildman–Crippen LogP) is 6.81. The Hall–Kier alpha value is -4.94. The molecule has 0 bridgehead atoms. The maximum atomic E-state index is 15.3. The zero-order valence-electron chi connectivity index (χ0n) is 21.9. The maximum absolute atomic E-state index is 15.3. The fourth-order valence-electron chi connectivity index (χ4n) is 5.60. The quantitative estimate of drug-likeness (QED) is 0.194. The molecule has 1 fully saturated rings. The predicted molar refractivity (Wildman–Crippen MR) is 148 cm³/mol. The van der Waals surface area contributed by atoms with Crippen molar-refractivity contribution >= 4 is 27.6 Å². The first kappa shape index (κ1) is 26.0. The molecular weight excluding hydrogens is 554 g/mol. The fourth-order valence-corrected chi connectivity index (χ4v) is 5.60. The van der Waals surface area contributed by atoms with E-state index in [1.54, 1.807) is 24.4 Å². The Kier molecular flexibility index (Phi) is 6.10. The van der Waals surface area contributed by atoms with Crippen LogP contribution in [0, 0.1) is 5.82 Å². The van der Waals surface area contributed by atoms with Crippen molar-refractivity contribution in [1.29, 1.82) is 0 Å². The number of aromatic amines is 2. The molecule has 13 heteroatoms. The second-order valence-corrected chi connectivity index (χ2v) is 10.3. The third kappa shape index (κ3) is 4.41. The molecule has 1 aliphatic rings. The number of rotatable bonds is 5. The van der Waals surface area contributed by atoms with Gasteiger partial charge in [-0.2, -0.15) is 28.1 Å². The Morgan fingerprint density at radius 1 is 1.02 bits per heavy atom. The lowest BCUT2D eigenvalue weighted by atomic mass is 9.95. The van der Waals surface area contributed by atoms with Crippen LogP contribution in [-0.2, 0) is 6.18 Å². The van der Waals surface area contributed by atoms with Crippen molar-refractivity contribution in [1.82, 2.24) is 29.9 Å². The van der Waals surface area contributed by atoms with E-state index in [9.17, 15) is 18.0 Å². The Morgan fingerprint density at radius 3 is 2.64 bits per heavy atom. The first-order valence-corrected chi connectivity index (χ1v) is 13.4. The number of hydrogen-bond donors (Lipinski definition) is 3. The minimum absolute atomic E-state index is 0.108. The van der Waals surface area contributed by atoms with Crippen LogP contribution in [0.2, 0.25) is 0 Å². The molecule has 1 aliphatic carbocycles. The number of nitrogens with zero attached hydrogens (tertiary/aromatic N) is 4. The number of nitrogens with one attached hydrogen (secondary N) is 3. The van der Waals surface area contributed by atoms with Gasteiger partial charge in [-0.05, 0) is 43.2 Å². The second kappa shape index (κ2) is 9.86. The van der Waals surface area contributed by atoms with Crippen molar-refractivity contribution in [2.75, 3.05) is 5.32 Å². The Labute approximate surface area is 234 Å². The summed E-state index contributed by atoms with van der Waals surface area (Å²) in [5.74, 6) is -0.380. The lowest BCUT2D eigenvalue weighted by molar-refractivity contribution is -0.137. The van der Waals surface area contributed by atoms with E-state index < -0.39 is 17.6 Å². The van der Waals surface area contributed by atoms with Crippen LogP contribution in [0.15, 0.2) is 64.3 Å². The van der Waals surface area contributed by atoms with E-state index in [1.165, 1.54) is 17.1 Å². The molecule has 0 saturated heterocycles. The number of halogens is 4. The molecule has 0 radical (unpaired) electrons. The summed E-state index contributed by atoms with van der Waals surface area (Å²) in [4.78, 5) is 19.6. The highest BCUT2D eigenvalue weighted by molar-refractivity contribution is 6.01. The van der Waals surface area contributed by atoms with Crippen molar-refractivity contribution in [2.24, 2.45) is 0 Å². The lowest BCUT2D eigenvalue weighted by Crippen LogP contribution is -2.22. The fraction of sp³-hybridized carbons (Fsp3) is 0.241. The summed E-state index contributed by atoms with van der Waals surface area (Å²) in [5.41, 5.74) is 0.498. The van der Waals surface area contributed by atoms with Crippen LogP contribution >= 0.6 is 0 Å². The number of hydrogen-bond acceptors (Lipinski definition) is 6. The first-order chi connectivity index (χ1) is 20.3. The van der Waals surface area contributed by atoms with Gasteiger partial charge in [-0.15, -0.1) is 0 Å². The smallest absolute Gasteiger partial charge is 0.416 e. The zero-order chi connectivity index (χ0) is 29.0. The second-order valence-electron chi connectivity index (χ2n) is 10.3. The molecule has 5 aromatic heterocycles. The third-order valence-corrected chi connectivity index (χ3v) is 7.65. The highest BCUT2D eigenvalue weighted by Crippen LogP contribution is 2.39. The van der Waals surface area contributed by atoms with E-state index in [-0.39, 0.29) is 28.7 Å². The minimum atomic E-state index is -4.70. The van der Waals surface area contributed by atoms with Gasteiger partial charge in [0.1, 0.15) is 29.3 Å². The van der Waals surface area contributed by atoms with Crippen LogP contribution in [0.1, 0.15) is 37.7 Å². The number of anilines is 1. The highest BCUT2D eigenvalue weighted by Gasteiger charge is 2.32. The topological polar surface area (TPSA) is 117 Å². The van der Waals surface area contributed by atoms with Crippen LogP contribution in [0.4, 0.5) is 23.4 Å². The van der Waals surface area contributed by atoms with E-state index in [0.717, 1.165) is 44.2 Å². The molecule has 7 rings (SSSR count). The number of alkyl halides is 3. The number of furan rings is 1. The molecule has 3 N–H and O–H groups in total. The molecule has 1 saturated carbocycles. The van der Waals surface area contributed by atoms with Gasteiger partial charge in [0.2, 0.25) is 5.88 Å². The summed E-state index contributed by atoms with van der Waals surface area (Å²) >= 11 is 0. The summed E-state index contributed by atoms with van der Waals surface area (Å²) in [6.07, 6.45) is 4.98. The average molecular weight is 578 g/mol. The van der Waals surface area contributed by atoms with Gasteiger partial charge >= 0.3 is 6.18 Å². The molecular formula is C29H23F4N7O2. The van der Waals surface area contributed by atoms with Gasteiger partial charge in [0, 0.05) is 35.6 Å². The summed E-state index contributed by atoms with van der Waals surface area (Å²) in [6.45, 7) is 0. The van der Waals surface area contributed by atoms with Gasteiger partial charge in [-0.1, -0.05) is 19.3 Å². The van der Waals surface area contributed by atoms with Crippen LogP contribution < -0.4 is 10.9 Å². The molecule has 0 aliphatic heterocycles. The SMILES string of the molecule is O=c1[nH]ccc2[nH]nc(-c3coc(-n4nc(-c5ccc(C(F)(F)F)cc5F)c5c(NC6CCCCC6)nccc54)c3)c12. The summed E-state index contributed by atoms with van der Waals surface area (Å²) in [6, 6.07) is 7.53. The van der Waals surface area contributed by atoms with Crippen LogP contribution in [0.25, 0.3) is 50.2 Å². The van der Waals surface area contributed by atoms with Crippen LogP contribution in [0.3, 0.4) is 0 Å². The molecule has 0 unspecified atom stereocenters. The Bertz CT molecular complexity index is 2000. The summed E-state index contributed by atoms with van der Waals surface area (Å²) < 4.78 is 62.5. The molecule has 42 heavy (non-hydrogen) atoms. The molecule has 5 heterocycles. The van der Waals surface area contributed by atoms with E-state index in [4.69, 9.17) is 4.42 Å². The van der Waals surface area contributed by atoms with Gasteiger partial charge in [0.15, 0.2) is 0 Å². The van der Waals surface area contributed by atoms with E-state index in [0.29, 0.717) is 44.9 Å². The Balaban J connectivity index is 1.39. The van der Waals surface area contributed by atoms with Gasteiger partial charge in [-0.25, -0.2) is 9.37 Å². The highest BCUT2D eigenvalue weighted by atomic mass is 19.4. The van der Waals surface area contributed by atoms with E-state index in [1.807, 2.05) is 0 Å². The number of fused-ring (bicyclic) bond motifs is 2. The third-order valence-electron chi connectivity index (χ3n) is 7.65. The van der Waals surface area contributed by atoms with Crippen LogP contribution in [-0.4, -0.2) is 36.0 Å². The van der Waals surface area contributed by atoms with Crippen molar-refractivity contribution in [2.45, 2.75) is 44.3 Å². The van der Waals surface area contributed by atoms with Crippen molar-refractivity contribution < 1.29 is 22.0 Å². The van der Waals surface area contributed by atoms with Crippen molar-refractivity contribution in [3.63, 3.8) is 0 Å².